The van der Waals surface area contributed by atoms with Gasteiger partial charge in [0.2, 0.25) is 0 Å². The van der Waals surface area contributed by atoms with Crippen molar-refractivity contribution in [1.82, 2.24) is 0 Å². The van der Waals surface area contributed by atoms with Crippen molar-refractivity contribution in [1.29, 1.82) is 5.26 Å². The minimum Gasteiger partial charge on any atom is -0.458 e. The fourth-order valence-electron chi connectivity index (χ4n) is 4.18. The third-order valence-electron chi connectivity index (χ3n) is 5.20. The van der Waals surface area contributed by atoms with Gasteiger partial charge >= 0.3 is 5.97 Å². The molecular weight excluding hydrogens is 274 g/mol. The Labute approximate surface area is 122 Å². The smallest absolute Gasteiger partial charge is 0.331 e. The van der Waals surface area contributed by atoms with Gasteiger partial charge in [-0.3, -0.25) is 0 Å². The molecule has 2 heterocycles. The molecule has 2 bridgehead atoms. The molecule has 0 aromatic heterocycles. The SMILES string of the molecule is N#C[C@]12CC(OC1=O)[C@H](O)C[C@@H]1CC3(CC=C12)OCCO3. The van der Waals surface area contributed by atoms with Gasteiger partial charge in [0, 0.05) is 19.3 Å². The Bertz CT molecular complexity index is 559. The number of hydrogen-bond acceptors (Lipinski definition) is 6. The van der Waals surface area contributed by atoms with Crippen LogP contribution in [0.15, 0.2) is 11.6 Å². The molecule has 0 aromatic rings. The molecule has 0 amide bonds. The largest absolute Gasteiger partial charge is 0.458 e. The summed E-state index contributed by atoms with van der Waals surface area (Å²) in [5.74, 6) is -1.24. The molecule has 0 radical (unpaired) electrons. The molecule has 21 heavy (non-hydrogen) atoms. The third kappa shape index (κ3) is 1.71. The first-order chi connectivity index (χ1) is 10.1. The maximum Gasteiger partial charge on any atom is 0.331 e. The lowest BCUT2D eigenvalue weighted by atomic mass is 9.69. The summed E-state index contributed by atoms with van der Waals surface area (Å²) in [6.07, 6.45) is 2.43. The highest BCUT2D eigenvalue weighted by Crippen LogP contribution is 2.53. The van der Waals surface area contributed by atoms with E-state index in [1.165, 1.54) is 0 Å². The number of esters is 1. The van der Waals surface area contributed by atoms with Gasteiger partial charge in [-0.2, -0.15) is 5.26 Å². The van der Waals surface area contributed by atoms with Crippen molar-refractivity contribution in [2.24, 2.45) is 11.3 Å². The number of nitrogens with zero attached hydrogens (tertiary/aromatic N) is 1. The number of aliphatic hydroxyl groups excluding tert-OH is 1. The van der Waals surface area contributed by atoms with Crippen LogP contribution in [0.3, 0.4) is 0 Å². The van der Waals surface area contributed by atoms with Crippen LogP contribution in [0.2, 0.25) is 0 Å². The van der Waals surface area contributed by atoms with Gasteiger partial charge < -0.3 is 19.3 Å². The number of carbonyl (C=O) groups excluding carboxylic acids is 1. The lowest BCUT2D eigenvalue weighted by Gasteiger charge is -2.39. The maximum atomic E-state index is 12.2. The first kappa shape index (κ1) is 13.3. The molecule has 2 aliphatic heterocycles. The third-order valence-corrected chi connectivity index (χ3v) is 5.20. The van der Waals surface area contributed by atoms with E-state index in [0.29, 0.717) is 32.5 Å². The number of fused-ring (bicyclic) bond motifs is 4. The van der Waals surface area contributed by atoms with Crippen molar-refractivity contribution >= 4 is 5.97 Å². The highest BCUT2D eigenvalue weighted by Gasteiger charge is 2.60. The summed E-state index contributed by atoms with van der Waals surface area (Å²) in [6.45, 7) is 1.12. The van der Waals surface area contributed by atoms with E-state index < -0.39 is 29.4 Å². The van der Waals surface area contributed by atoms with E-state index in [-0.39, 0.29) is 12.3 Å². The Morgan fingerprint density at radius 2 is 2.10 bits per heavy atom. The second-order valence-electron chi connectivity index (χ2n) is 6.34. The highest BCUT2D eigenvalue weighted by molar-refractivity contribution is 5.86. The summed E-state index contributed by atoms with van der Waals surface area (Å²) in [7, 11) is 0. The molecule has 1 saturated carbocycles. The van der Waals surface area contributed by atoms with Gasteiger partial charge in [0.05, 0.1) is 25.4 Å². The maximum absolute atomic E-state index is 12.2. The minimum atomic E-state index is -1.23. The second kappa shape index (κ2) is 4.29. The molecule has 1 spiro atoms. The lowest BCUT2D eigenvalue weighted by molar-refractivity contribution is -0.174. The summed E-state index contributed by atoms with van der Waals surface area (Å²) in [5.41, 5.74) is -0.439. The zero-order valence-corrected chi connectivity index (χ0v) is 11.6. The van der Waals surface area contributed by atoms with Crippen molar-refractivity contribution in [2.75, 3.05) is 13.2 Å². The molecule has 6 nitrogen and oxygen atoms in total. The normalized spacial score (nSPS) is 43.7. The Kier molecular flexibility index (Phi) is 2.71. The van der Waals surface area contributed by atoms with Gasteiger partial charge in [-0.1, -0.05) is 6.08 Å². The Balaban J connectivity index is 1.77. The summed E-state index contributed by atoms with van der Waals surface area (Å²) in [6, 6.07) is 2.16. The molecule has 4 rings (SSSR count). The molecule has 2 aliphatic carbocycles. The van der Waals surface area contributed by atoms with Gasteiger partial charge in [-0.25, -0.2) is 4.79 Å². The zero-order chi connectivity index (χ0) is 14.7. The number of carbonyl (C=O) groups is 1. The molecule has 0 aromatic carbocycles. The molecule has 6 heteroatoms. The molecular formula is C15H17NO5. The van der Waals surface area contributed by atoms with Gasteiger partial charge in [-0.15, -0.1) is 0 Å². The number of hydrogen-bond donors (Lipinski definition) is 1. The first-order valence-corrected chi connectivity index (χ1v) is 7.37. The highest BCUT2D eigenvalue weighted by atomic mass is 16.7. The van der Waals surface area contributed by atoms with Crippen LogP contribution in [0.5, 0.6) is 0 Å². The Hall–Kier alpha value is -1.42. The fraction of sp³-hybridized carbons (Fsp3) is 0.733. The number of aliphatic hydroxyl groups is 1. The van der Waals surface area contributed by atoms with Gasteiger partial charge in [0.25, 0.3) is 0 Å². The molecule has 1 unspecified atom stereocenters. The van der Waals surface area contributed by atoms with E-state index >= 15 is 0 Å². The molecule has 4 aliphatic rings. The van der Waals surface area contributed by atoms with E-state index in [1.54, 1.807) is 0 Å². The van der Waals surface area contributed by atoms with Crippen molar-refractivity contribution < 1.29 is 24.1 Å². The lowest BCUT2D eigenvalue weighted by Crippen LogP contribution is -2.42. The summed E-state index contributed by atoms with van der Waals surface area (Å²) >= 11 is 0. The van der Waals surface area contributed by atoms with Gasteiger partial charge in [0.1, 0.15) is 6.10 Å². The van der Waals surface area contributed by atoms with Crippen LogP contribution in [-0.4, -0.2) is 42.3 Å². The molecule has 2 saturated heterocycles. The van der Waals surface area contributed by atoms with E-state index in [4.69, 9.17) is 14.2 Å². The van der Waals surface area contributed by atoms with E-state index in [2.05, 4.69) is 6.07 Å². The Morgan fingerprint density at radius 3 is 2.81 bits per heavy atom. The van der Waals surface area contributed by atoms with Crippen molar-refractivity contribution in [3.05, 3.63) is 11.6 Å². The quantitative estimate of drug-likeness (QED) is 0.521. The number of ether oxygens (including phenoxy) is 3. The average Bonchev–Trinajstić information content (AvgIpc) is 3.02. The predicted octanol–water partition coefficient (Wildman–Crippen LogP) is 0.656. The monoisotopic (exact) mass is 291 g/mol. The van der Waals surface area contributed by atoms with Crippen molar-refractivity contribution in [3.8, 4) is 6.07 Å². The van der Waals surface area contributed by atoms with Crippen LogP contribution in [0.25, 0.3) is 0 Å². The standard InChI is InChI=1S/C15H17NO5/c16-8-14-7-12(21-13(14)18)11(17)5-9-6-15(2-1-10(9)14)19-3-4-20-15/h1,9,11-12,17H,2-7H2/t9-,11-,12?,14+/m1/s1. The summed E-state index contributed by atoms with van der Waals surface area (Å²) < 4.78 is 16.7. The average molecular weight is 291 g/mol. The fourth-order valence-corrected chi connectivity index (χ4v) is 4.18. The second-order valence-corrected chi connectivity index (χ2v) is 6.34. The van der Waals surface area contributed by atoms with Crippen LogP contribution in [0.1, 0.15) is 25.7 Å². The van der Waals surface area contributed by atoms with Gasteiger partial charge in [-0.05, 0) is 17.9 Å². The summed E-state index contributed by atoms with van der Waals surface area (Å²) in [5, 5.41) is 19.9. The topological polar surface area (TPSA) is 88.8 Å². The van der Waals surface area contributed by atoms with Crippen LogP contribution in [-0.2, 0) is 19.0 Å². The minimum absolute atomic E-state index is 0.0793. The van der Waals surface area contributed by atoms with Crippen LogP contribution in [0.4, 0.5) is 0 Å². The molecule has 4 atom stereocenters. The number of rotatable bonds is 0. The number of nitriles is 1. The van der Waals surface area contributed by atoms with Gasteiger partial charge in [0.15, 0.2) is 11.2 Å². The molecule has 3 fully saturated rings. The van der Waals surface area contributed by atoms with Crippen LogP contribution in [0, 0.1) is 22.7 Å². The summed E-state index contributed by atoms with van der Waals surface area (Å²) in [4.78, 5) is 12.2. The first-order valence-electron chi connectivity index (χ1n) is 7.37. The van der Waals surface area contributed by atoms with Crippen LogP contribution >= 0.6 is 0 Å². The van der Waals surface area contributed by atoms with E-state index in [9.17, 15) is 15.2 Å². The molecule has 1 N–H and O–H groups in total. The predicted molar refractivity (Wildman–Crippen MR) is 68.6 cm³/mol. The van der Waals surface area contributed by atoms with E-state index in [0.717, 1.165) is 5.57 Å². The van der Waals surface area contributed by atoms with Crippen molar-refractivity contribution in [3.63, 3.8) is 0 Å². The Morgan fingerprint density at radius 1 is 1.33 bits per heavy atom. The zero-order valence-electron chi connectivity index (χ0n) is 11.6. The van der Waals surface area contributed by atoms with Crippen LogP contribution < -0.4 is 0 Å². The van der Waals surface area contributed by atoms with E-state index in [1.807, 2.05) is 6.08 Å². The van der Waals surface area contributed by atoms with Crippen molar-refractivity contribution in [2.45, 2.75) is 43.7 Å². The molecule has 112 valence electrons.